The third-order valence-corrected chi connectivity index (χ3v) is 4.64. The first-order valence-corrected chi connectivity index (χ1v) is 8.54. The van der Waals surface area contributed by atoms with Gasteiger partial charge in [0.15, 0.2) is 0 Å². The molecule has 110 valence electrons. The summed E-state index contributed by atoms with van der Waals surface area (Å²) in [5.74, 6) is -0.164. The van der Waals surface area contributed by atoms with Crippen molar-refractivity contribution in [2.75, 3.05) is 17.7 Å². The summed E-state index contributed by atoms with van der Waals surface area (Å²) in [7, 11) is 1.80. The lowest BCUT2D eigenvalue weighted by Crippen LogP contribution is -2.15. The minimum Gasteiger partial charge on any atom is -0.387 e. The molecule has 0 bridgehead atoms. The molecule has 0 fully saturated rings. The van der Waals surface area contributed by atoms with E-state index in [-0.39, 0.29) is 5.91 Å². The molecule has 2 aromatic rings. The van der Waals surface area contributed by atoms with Crippen molar-refractivity contribution in [1.29, 1.82) is 0 Å². The lowest BCUT2D eigenvalue weighted by atomic mass is 10.1. The zero-order valence-corrected chi connectivity index (χ0v) is 16.2. The van der Waals surface area contributed by atoms with Crippen LogP contribution in [0, 0.1) is 6.92 Å². The molecule has 0 aliphatic heterocycles. The number of anilines is 2. The average molecular weight is 477 g/mol. The Hall–Kier alpha value is -0.850. The molecule has 1 amide bonds. The van der Waals surface area contributed by atoms with Crippen molar-refractivity contribution in [3.8, 4) is 0 Å². The molecular weight excluding hydrogens is 464 g/mol. The molecule has 0 atom stereocenters. The van der Waals surface area contributed by atoms with Crippen molar-refractivity contribution in [3.05, 3.63) is 54.9 Å². The molecule has 0 heterocycles. The number of hydrogen-bond donors (Lipinski definition) is 2. The van der Waals surface area contributed by atoms with Crippen LogP contribution < -0.4 is 10.6 Å². The van der Waals surface area contributed by atoms with Gasteiger partial charge in [-0.1, -0.05) is 22.0 Å². The smallest absolute Gasteiger partial charge is 0.257 e. The molecule has 2 N–H and O–H groups in total. The quantitative estimate of drug-likeness (QED) is 0.607. The summed E-state index contributed by atoms with van der Waals surface area (Å²) in [6.07, 6.45) is 0. The van der Waals surface area contributed by atoms with Crippen LogP contribution in [-0.2, 0) is 0 Å². The Kier molecular flexibility index (Phi) is 5.46. The second-order valence-corrected chi connectivity index (χ2v) is 7.12. The fourth-order valence-corrected chi connectivity index (χ4v) is 4.36. The largest absolute Gasteiger partial charge is 0.387 e. The molecular formula is C15H13Br3N2O. The molecule has 0 aliphatic carbocycles. The van der Waals surface area contributed by atoms with E-state index >= 15 is 0 Å². The van der Waals surface area contributed by atoms with Crippen molar-refractivity contribution >= 4 is 65.1 Å². The van der Waals surface area contributed by atoms with Gasteiger partial charge >= 0.3 is 0 Å². The second-order valence-electron chi connectivity index (χ2n) is 4.50. The lowest BCUT2D eigenvalue weighted by molar-refractivity contribution is 0.102. The highest BCUT2D eigenvalue weighted by Gasteiger charge is 2.15. The van der Waals surface area contributed by atoms with E-state index in [9.17, 15) is 4.79 Å². The van der Waals surface area contributed by atoms with E-state index in [1.807, 2.05) is 37.3 Å². The van der Waals surface area contributed by atoms with Crippen LogP contribution in [0.4, 0.5) is 11.4 Å². The van der Waals surface area contributed by atoms with Gasteiger partial charge in [-0.25, -0.2) is 0 Å². The molecule has 0 saturated carbocycles. The molecule has 0 spiro atoms. The highest BCUT2D eigenvalue weighted by molar-refractivity contribution is 9.11. The third kappa shape index (κ3) is 3.87. The van der Waals surface area contributed by atoms with Crippen LogP contribution in [0.3, 0.4) is 0 Å². The first-order chi connectivity index (χ1) is 9.92. The van der Waals surface area contributed by atoms with E-state index in [0.29, 0.717) is 11.3 Å². The molecule has 2 aromatic carbocycles. The maximum atomic E-state index is 12.5. The normalized spacial score (nSPS) is 10.3. The predicted octanol–water partition coefficient (Wildman–Crippen LogP) is 5.58. The van der Waals surface area contributed by atoms with E-state index in [1.54, 1.807) is 7.05 Å². The number of hydrogen-bond acceptors (Lipinski definition) is 2. The van der Waals surface area contributed by atoms with E-state index in [4.69, 9.17) is 0 Å². The monoisotopic (exact) mass is 474 g/mol. The molecule has 6 heteroatoms. The van der Waals surface area contributed by atoms with E-state index < -0.39 is 0 Å². The summed E-state index contributed by atoms with van der Waals surface area (Å²) < 4.78 is 2.52. The average Bonchev–Trinajstić information content (AvgIpc) is 2.42. The Morgan fingerprint density at radius 2 is 1.67 bits per heavy atom. The fourth-order valence-electron chi connectivity index (χ4n) is 1.91. The fraction of sp³-hybridized carbons (Fsp3) is 0.133. The Bertz CT molecular complexity index is 678. The van der Waals surface area contributed by atoms with Gasteiger partial charge in [-0.2, -0.15) is 0 Å². The van der Waals surface area contributed by atoms with E-state index in [0.717, 1.165) is 24.7 Å². The number of rotatable bonds is 3. The van der Waals surface area contributed by atoms with Crippen molar-refractivity contribution in [2.24, 2.45) is 0 Å². The summed E-state index contributed by atoms with van der Waals surface area (Å²) in [6, 6.07) is 9.45. The zero-order valence-electron chi connectivity index (χ0n) is 11.4. The third-order valence-electron chi connectivity index (χ3n) is 2.93. The molecule has 0 aliphatic rings. The highest BCUT2D eigenvalue weighted by atomic mass is 79.9. The number of amides is 1. The van der Waals surface area contributed by atoms with Crippen LogP contribution >= 0.6 is 47.8 Å². The predicted molar refractivity (Wildman–Crippen MR) is 98.2 cm³/mol. The minimum absolute atomic E-state index is 0.164. The first-order valence-electron chi connectivity index (χ1n) is 6.16. The van der Waals surface area contributed by atoms with Crippen LogP contribution in [0.1, 0.15) is 15.9 Å². The van der Waals surface area contributed by atoms with Crippen molar-refractivity contribution in [2.45, 2.75) is 6.92 Å². The van der Waals surface area contributed by atoms with Crippen LogP contribution in [0.15, 0.2) is 43.7 Å². The van der Waals surface area contributed by atoms with Gasteiger partial charge in [0, 0.05) is 26.2 Å². The van der Waals surface area contributed by atoms with Crippen LogP contribution in [-0.4, -0.2) is 13.0 Å². The maximum Gasteiger partial charge on any atom is 0.257 e. The van der Waals surface area contributed by atoms with Gasteiger partial charge in [0.2, 0.25) is 0 Å². The van der Waals surface area contributed by atoms with Crippen LogP contribution in [0.2, 0.25) is 0 Å². The molecule has 0 radical (unpaired) electrons. The number of carbonyl (C=O) groups is 1. The van der Waals surface area contributed by atoms with Gasteiger partial charge in [-0.05, 0) is 68.6 Å². The van der Waals surface area contributed by atoms with E-state index in [1.165, 1.54) is 0 Å². The molecule has 0 aromatic heterocycles. The highest BCUT2D eigenvalue weighted by Crippen LogP contribution is 2.35. The molecule has 2 rings (SSSR count). The summed E-state index contributed by atoms with van der Waals surface area (Å²) >= 11 is 10.3. The molecule has 21 heavy (non-hydrogen) atoms. The number of carbonyl (C=O) groups excluding carboxylic acids is 1. The van der Waals surface area contributed by atoms with Crippen LogP contribution in [0.25, 0.3) is 0 Å². The Balaban J connectivity index is 2.35. The van der Waals surface area contributed by atoms with Crippen molar-refractivity contribution < 1.29 is 4.79 Å². The standard InChI is InChI=1S/C15H13Br3N2O/c1-8-3-4-10(13(5-8)19-2)15(21)20-14-11(17)6-9(16)7-12(14)18/h3-7,19H,1-2H3,(H,20,21). The van der Waals surface area contributed by atoms with Gasteiger partial charge in [0.05, 0.1) is 11.3 Å². The first kappa shape index (κ1) is 16.5. The Labute approximate surface area is 148 Å². The van der Waals surface area contributed by atoms with Gasteiger partial charge in [0.25, 0.3) is 5.91 Å². The molecule has 3 nitrogen and oxygen atoms in total. The van der Waals surface area contributed by atoms with Gasteiger partial charge in [0.1, 0.15) is 0 Å². The zero-order chi connectivity index (χ0) is 15.6. The number of benzene rings is 2. The lowest BCUT2D eigenvalue weighted by Gasteiger charge is -2.13. The summed E-state index contributed by atoms with van der Waals surface area (Å²) in [5, 5.41) is 5.97. The Morgan fingerprint density at radius 3 is 2.24 bits per heavy atom. The topological polar surface area (TPSA) is 41.1 Å². The summed E-state index contributed by atoms with van der Waals surface area (Å²) in [5.41, 5.74) is 3.20. The van der Waals surface area contributed by atoms with Gasteiger partial charge in [-0.15, -0.1) is 0 Å². The maximum absolute atomic E-state index is 12.5. The van der Waals surface area contributed by atoms with Crippen molar-refractivity contribution in [3.63, 3.8) is 0 Å². The number of aryl methyl sites for hydroxylation is 1. The van der Waals surface area contributed by atoms with Gasteiger partial charge < -0.3 is 10.6 Å². The molecule has 0 saturated heterocycles. The number of nitrogens with one attached hydrogen (secondary N) is 2. The summed E-state index contributed by atoms with van der Waals surface area (Å²) in [6.45, 7) is 1.99. The van der Waals surface area contributed by atoms with E-state index in [2.05, 4.69) is 58.4 Å². The SMILES string of the molecule is CNc1cc(C)ccc1C(=O)Nc1c(Br)cc(Br)cc1Br. The van der Waals surface area contributed by atoms with Crippen LogP contribution in [0.5, 0.6) is 0 Å². The number of halogens is 3. The molecule has 0 unspecified atom stereocenters. The van der Waals surface area contributed by atoms with Crippen molar-refractivity contribution in [1.82, 2.24) is 0 Å². The minimum atomic E-state index is -0.164. The summed E-state index contributed by atoms with van der Waals surface area (Å²) in [4.78, 5) is 12.5. The van der Waals surface area contributed by atoms with Gasteiger partial charge in [-0.3, -0.25) is 4.79 Å². The second kappa shape index (κ2) is 6.94. The Morgan fingerprint density at radius 1 is 1.05 bits per heavy atom.